The highest BCUT2D eigenvalue weighted by atomic mass is 16.5. The van der Waals surface area contributed by atoms with Crippen molar-refractivity contribution in [1.82, 2.24) is 0 Å². The molecule has 0 unspecified atom stereocenters. The van der Waals surface area contributed by atoms with Crippen LogP contribution in [0.2, 0.25) is 0 Å². The highest BCUT2D eigenvalue weighted by Gasteiger charge is 2.56. The average molecular weight is 1010 g/mol. The van der Waals surface area contributed by atoms with E-state index in [2.05, 4.69) is 278 Å². The van der Waals surface area contributed by atoms with Crippen LogP contribution < -0.4 is 19.1 Å². The number of anilines is 3. The van der Waals surface area contributed by atoms with Gasteiger partial charge in [-0.25, -0.2) is 0 Å². The molecule has 0 saturated heterocycles. The Balaban J connectivity index is 1.00. The molecule has 18 rings (SSSR count). The van der Waals surface area contributed by atoms with Gasteiger partial charge in [-0.3, -0.25) is 0 Å². The molecule has 0 atom stereocenters. The second kappa shape index (κ2) is 15.5. The Bertz CT molecular complexity index is 4040. The smallest absolute Gasteiger partial charge is 0.132 e. The van der Waals surface area contributed by atoms with Crippen LogP contribution >= 0.6 is 0 Å². The average Bonchev–Trinajstić information content (AvgIpc) is 3.68. The largest absolute Gasteiger partial charge is 0.457 e. The maximum atomic E-state index is 6.86. The van der Waals surface area contributed by atoms with E-state index >= 15 is 0 Å². The van der Waals surface area contributed by atoms with Crippen molar-refractivity contribution in [2.24, 2.45) is 0 Å². The lowest BCUT2D eigenvalue weighted by atomic mass is 9.66. The summed E-state index contributed by atoms with van der Waals surface area (Å²) >= 11 is 0. The van der Waals surface area contributed by atoms with Crippen molar-refractivity contribution >= 4 is 17.1 Å². The summed E-state index contributed by atoms with van der Waals surface area (Å²) in [6.45, 7) is 0. The monoisotopic (exact) mass is 1010 g/mol. The molecule has 12 aromatic carbocycles. The van der Waals surface area contributed by atoms with Crippen LogP contribution in [0.5, 0.6) is 34.5 Å². The minimum atomic E-state index is -0.686. The first-order valence-electron chi connectivity index (χ1n) is 27.3. The maximum Gasteiger partial charge on any atom is 0.132 e. The number of fused-ring (bicyclic) bond motifs is 27. The number of benzene rings is 12. The van der Waals surface area contributed by atoms with Crippen molar-refractivity contribution in [3.8, 4) is 67.9 Å². The van der Waals surface area contributed by atoms with Crippen LogP contribution in [0.15, 0.2) is 273 Å². The number of nitrogens with zero attached hydrogens (tertiary/aromatic N) is 1. The number of ether oxygens (including phenoxy) is 3. The summed E-state index contributed by atoms with van der Waals surface area (Å²) in [6.07, 6.45) is 0. The zero-order valence-electron chi connectivity index (χ0n) is 42.7. The van der Waals surface area contributed by atoms with Gasteiger partial charge in [-0.2, -0.15) is 0 Å². The zero-order valence-corrected chi connectivity index (χ0v) is 42.7. The molecule has 0 N–H and O–H groups in total. The van der Waals surface area contributed by atoms with Gasteiger partial charge in [0.15, 0.2) is 0 Å². The maximum absolute atomic E-state index is 6.86. The molecule has 0 aromatic heterocycles. The van der Waals surface area contributed by atoms with Crippen LogP contribution in [0.1, 0.15) is 66.8 Å². The second-order valence-corrected chi connectivity index (χ2v) is 21.6. The molecule has 3 heterocycles. The van der Waals surface area contributed by atoms with E-state index in [0.717, 1.165) is 84.9 Å². The zero-order chi connectivity index (χ0) is 51.6. The molecule has 12 aromatic rings. The van der Waals surface area contributed by atoms with Crippen LogP contribution in [0, 0.1) is 0 Å². The van der Waals surface area contributed by atoms with Gasteiger partial charge in [0.05, 0.1) is 33.3 Å². The van der Waals surface area contributed by atoms with Gasteiger partial charge in [-0.05, 0) is 105 Å². The van der Waals surface area contributed by atoms with Gasteiger partial charge in [-0.1, -0.05) is 218 Å². The summed E-state index contributed by atoms with van der Waals surface area (Å²) in [4.78, 5) is 2.64. The quantitative estimate of drug-likeness (QED) is 0.176. The van der Waals surface area contributed by atoms with Gasteiger partial charge < -0.3 is 19.1 Å². The van der Waals surface area contributed by atoms with Gasteiger partial charge >= 0.3 is 0 Å². The molecular formula is C75H45NO3. The molecule has 4 nitrogen and oxygen atoms in total. The number of hydrogen-bond donors (Lipinski definition) is 0. The van der Waals surface area contributed by atoms with Crippen molar-refractivity contribution in [2.45, 2.75) is 16.2 Å². The molecule has 6 aliphatic rings. The van der Waals surface area contributed by atoms with Gasteiger partial charge in [0.2, 0.25) is 0 Å². The fourth-order valence-electron chi connectivity index (χ4n) is 15.6. The molecule has 3 spiro atoms. The van der Waals surface area contributed by atoms with Crippen LogP contribution in [-0.2, 0) is 16.2 Å². The Morgan fingerprint density at radius 1 is 0.190 bits per heavy atom. The number of rotatable bonds is 3. The molecule has 0 bridgehead atoms. The van der Waals surface area contributed by atoms with E-state index in [4.69, 9.17) is 14.2 Å². The molecule has 0 saturated carbocycles. The van der Waals surface area contributed by atoms with Crippen LogP contribution in [-0.4, -0.2) is 0 Å². The summed E-state index contributed by atoms with van der Waals surface area (Å²) in [7, 11) is 0. The number of para-hydroxylation sites is 6. The second-order valence-electron chi connectivity index (χ2n) is 21.6. The molecule has 0 radical (unpaired) electrons. The molecule has 79 heavy (non-hydrogen) atoms. The van der Waals surface area contributed by atoms with E-state index in [1.165, 1.54) is 66.8 Å². The molecule has 3 aliphatic heterocycles. The first-order chi connectivity index (χ1) is 39.2. The van der Waals surface area contributed by atoms with E-state index in [0.29, 0.717) is 0 Å². The lowest BCUT2D eigenvalue weighted by Gasteiger charge is -2.40. The molecule has 0 amide bonds. The molecule has 3 aliphatic carbocycles. The Morgan fingerprint density at radius 3 is 0.646 bits per heavy atom. The highest BCUT2D eigenvalue weighted by Crippen LogP contribution is 2.69. The van der Waals surface area contributed by atoms with Crippen molar-refractivity contribution in [2.75, 3.05) is 4.90 Å². The van der Waals surface area contributed by atoms with Crippen molar-refractivity contribution in [3.63, 3.8) is 0 Å². The van der Waals surface area contributed by atoms with E-state index < -0.39 is 16.2 Å². The predicted octanol–water partition coefficient (Wildman–Crippen LogP) is 18.6. The van der Waals surface area contributed by atoms with Crippen LogP contribution in [0.4, 0.5) is 17.1 Å². The Kier molecular flexibility index (Phi) is 8.44. The summed E-state index contributed by atoms with van der Waals surface area (Å²) in [6, 6.07) is 100. The van der Waals surface area contributed by atoms with Gasteiger partial charge in [0, 0.05) is 50.1 Å². The molecular weight excluding hydrogens is 963 g/mol. The normalized spacial score (nSPS) is 15.2. The summed E-state index contributed by atoms with van der Waals surface area (Å²) in [5, 5.41) is 0. The first-order valence-corrected chi connectivity index (χ1v) is 27.3. The van der Waals surface area contributed by atoms with Gasteiger partial charge in [0.1, 0.15) is 34.5 Å². The third-order valence-electron chi connectivity index (χ3n) is 18.3. The Labute approximate surface area is 457 Å². The lowest BCUT2D eigenvalue weighted by molar-refractivity contribution is 0.436. The van der Waals surface area contributed by atoms with Crippen LogP contribution in [0.3, 0.4) is 0 Å². The fraction of sp³-hybridized carbons (Fsp3) is 0.0400. The highest BCUT2D eigenvalue weighted by molar-refractivity contribution is 6.07. The van der Waals surface area contributed by atoms with E-state index in [-0.39, 0.29) is 0 Å². The lowest BCUT2D eigenvalue weighted by Crippen LogP contribution is -2.32. The van der Waals surface area contributed by atoms with E-state index in [9.17, 15) is 0 Å². The van der Waals surface area contributed by atoms with Crippen LogP contribution in [0.25, 0.3) is 33.4 Å². The topological polar surface area (TPSA) is 30.9 Å². The van der Waals surface area contributed by atoms with Crippen molar-refractivity contribution in [1.29, 1.82) is 0 Å². The van der Waals surface area contributed by atoms with E-state index in [1.54, 1.807) is 0 Å². The predicted molar refractivity (Wildman–Crippen MR) is 313 cm³/mol. The third kappa shape index (κ3) is 5.16. The Hall–Kier alpha value is -10.2. The van der Waals surface area contributed by atoms with Gasteiger partial charge in [0.25, 0.3) is 0 Å². The molecule has 0 fully saturated rings. The number of hydrogen-bond acceptors (Lipinski definition) is 4. The fourth-order valence-corrected chi connectivity index (χ4v) is 15.6. The standard InChI is InChI=1S/C75H45NO3/c1-4-25-49-46(22-1)70-58(73(49)52-28-7-13-40-64(52)77-65-41-14-8-29-53(65)73)34-19-37-61(70)76(62-38-20-35-59-71(62)47-23-2-5-26-50(47)74(59)54-30-9-15-42-66(54)78-67-43-16-10-31-55(67)74)63-39-21-36-60-72(63)48-24-3-6-27-51(48)75(60)56-32-11-17-44-68(56)79-69-45-18-12-33-57(69)75/h1-45H. The van der Waals surface area contributed by atoms with Gasteiger partial charge in [-0.15, -0.1) is 0 Å². The van der Waals surface area contributed by atoms with Crippen molar-refractivity contribution in [3.05, 3.63) is 340 Å². The Morgan fingerprint density at radius 2 is 0.392 bits per heavy atom. The molecule has 4 heteroatoms. The molecule has 368 valence electrons. The first kappa shape index (κ1) is 43.0. The third-order valence-corrected chi connectivity index (χ3v) is 18.3. The summed E-state index contributed by atoms with van der Waals surface area (Å²) in [5.74, 6) is 5.20. The minimum Gasteiger partial charge on any atom is -0.457 e. The van der Waals surface area contributed by atoms with Crippen molar-refractivity contribution < 1.29 is 14.2 Å². The summed E-state index contributed by atoms with van der Waals surface area (Å²) < 4.78 is 20.6. The SMILES string of the molecule is c1ccc2c(c1)Oc1ccccc1C21c2ccccc2-c2c(N(c3cccc4c3-c3ccccc3C43c4ccccc4Oc4ccccc43)c3cccc4c3-c3ccccc3C43c4ccccc4Oc4ccccc43)cccc21. The summed E-state index contributed by atoms with van der Waals surface area (Å²) in [5.41, 5.74) is 22.5. The minimum absolute atomic E-state index is 0.686. The van der Waals surface area contributed by atoms with E-state index in [1.807, 2.05) is 0 Å².